The van der Waals surface area contributed by atoms with Crippen molar-refractivity contribution in [2.24, 2.45) is 0 Å². The van der Waals surface area contributed by atoms with Gasteiger partial charge in [-0.2, -0.15) is 0 Å². The van der Waals surface area contributed by atoms with Gasteiger partial charge >= 0.3 is 11.9 Å². The number of aromatic nitrogens is 1. The molecule has 184 valence electrons. The van der Waals surface area contributed by atoms with Crippen molar-refractivity contribution in [2.75, 3.05) is 11.5 Å². The number of nitro groups is 1. The lowest BCUT2D eigenvalue weighted by atomic mass is 9.95. The zero-order chi connectivity index (χ0) is 26.1. The first-order chi connectivity index (χ1) is 17.1. The first-order valence-electron chi connectivity index (χ1n) is 10.9. The number of anilines is 1. The van der Waals surface area contributed by atoms with E-state index in [1.807, 2.05) is 6.92 Å². The van der Waals surface area contributed by atoms with Gasteiger partial charge in [-0.3, -0.25) is 24.6 Å². The predicted molar refractivity (Wildman–Crippen MR) is 132 cm³/mol. The normalized spacial score (nSPS) is 16.9. The van der Waals surface area contributed by atoms with E-state index in [4.69, 9.17) is 4.74 Å². The van der Waals surface area contributed by atoms with Gasteiger partial charge in [0, 0.05) is 17.7 Å². The number of ketones is 1. The number of nitrogens with zero attached hydrogens (tertiary/aromatic N) is 3. The van der Waals surface area contributed by atoms with Crippen LogP contribution in [-0.2, 0) is 14.3 Å². The van der Waals surface area contributed by atoms with Crippen LogP contribution in [0.2, 0.25) is 0 Å². The summed E-state index contributed by atoms with van der Waals surface area (Å²) >= 11 is 0.860. The van der Waals surface area contributed by atoms with Crippen LogP contribution in [0.3, 0.4) is 0 Å². The second-order valence-corrected chi connectivity index (χ2v) is 9.00. The predicted octanol–water partition coefficient (Wildman–Crippen LogP) is 4.47. The summed E-state index contributed by atoms with van der Waals surface area (Å²) in [5, 5.41) is 22.6. The summed E-state index contributed by atoms with van der Waals surface area (Å²) in [6.45, 7) is 5.22. The van der Waals surface area contributed by atoms with Gasteiger partial charge in [0.2, 0.25) is 0 Å². The van der Waals surface area contributed by atoms with Crippen molar-refractivity contribution < 1.29 is 29.2 Å². The van der Waals surface area contributed by atoms with E-state index in [0.717, 1.165) is 21.8 Å². The number of rotatable bonds is 6. The van der Waals surface area contributed by atoms with Crippen LogP contribution < -0.4 is 4.90 Å². The Morgan fingerprint density at radius 1 is 1.19 bits per heavy atom. The summed E-state index contributed by atoms with van der Waals surface area (Å²) < 4.78 is 5.05. The summed E-state index contributed by atoms with van der Waals surface area (Å²) in [5.41, 5.74) is 1.25. The molecule has 1 N–H and O–H groups in total. The van der Waals surface area contributed by atoms with Gasteiger partial charge in [0.25, 0.3) is 11.5 Å². The largest absolute Gasteiger partial charge is 0.507 e. The van der Waals surface area contributed by atoms with E-state index in [9.17, 15) is 29.6 Å². The quantitative estimate of drug-likeness (QED) is 0.129. The molecule has 0 radical (unpaired) electrons. The molecule has 1 unspecified atom stereocenters. The molecule has 0 spiro atoms. The highest BCUT2D eigenvalue weighted by molar-refractivity contribution is 7.17. The first-order valence-corrected chi connectivity index (χ1v) is 11.7. The molecule has 4 rings (SSSR count). The standard InChI is InChI=1S/C25H21N3O7S/c1-4-35-24(32)22-14(3)26-25(36-22)27-19(16-6-5-7-17(12-16)28(33)34)18(21(30)23(27)31)20(29)15-10-8-13(2)9-11-15/h5-12,19,29H,4H2,1-3H3/b20-18+. The van der Waals surface area contributed by atoms with Crippen LogP contribution in [0.1, 0.15) is 45.0 Å². The maximum atomic E-state index is 13.3. The van der Waals surface area contributed by atoms with E-state index in [1.165, 1.54) is 24.3 Å². The van der Waals surface area contributed by atoms with Crippen LogP contribution in [0.25, 0.3) is 5.76 Å². The molecular formula is C25H21N3O7S. The Bertz CT molecular complexity index is 1430. The minimum absolute atomic E-state index is 0.0251. The third kappa shape index (κ3) is 4.36. The van der Waals surface area contributed by atoms with Crippen molar-refractivity contribution in [2.45, 2.75) is 26.8 Å². The highest BCUT2D eigenvalue weighted by atomic mass is 32.1. The van der Waals surface area contributed by atoms with Gasteiger partial charge in [0.05, 0.1) is 28.8 Å². The summed E-state index contributed by atoms with van der Waals surface area (Å²) in [7, 11) is 0. The zero-order valence-corrected chi connectivity index (χ0v) is 20.4. The maximum Gasteiger partial charge on any atom is 0.350 e. The number of thiazole rings is 1. The zero-order valence-electron chi connectivity index (χ0n) is 19.5. The minimum Gasteiger partial charge on any atom is -0.507 e. The Morgan fingerprint density at radius 2 is 1.89 bits per heavy atom. The average Bonchev–Trinajstić information content (AvgIpc) is 3.36. The van der Waals surface area contributed by atoms with Gasteiger partial charge in [-0.05, 0) is 26.3 Å². The van der Waals surface area contributed by atoms with E-state index in [-0.39, 0.29) is 33.4 Å². The van der Waals surface area contributed by atoms with E-state index in [1.54, 1.807) is 38.1 Å². The molecule has 0 saturated carbocycles. The lowest BCUT2D eigenvalue weighted by Crippen LogP contribution is -2.29. The minimum atomic E-state index is -1.22. The van der Waals surface area contributed by atoms with Crippen molar-refractivity contribution in [3.63, 3.8) is 0 Å². The number of non-ortho nitro benzene ring substituents is 1. The van der Waals surface area contributed by atoms with Gasteiger partial charge < -0.3 is 9.84 Å². The van der Waals surface area contributed by atoms with Gasteiger partial charge in [-0.15, -0.1) is 0 Å². The molecule has 36 heavy (non-hydrogen) atoms. The van der Waals surface area contributed by atoms with E-state index < -0.39 is 34.4 Å². The van der Waals surface area contributed by atoms with Crippen LogP contribution in [-0.4, -0.2) is 39.3 Å². The SMILES string of the molecule is CCOC(=O)c1sc(N2C(=O)C(=O)/C(=C(/O)c3ccc(C)cc3)C2c2cccc([N+](=O)[O-])c2)nc1C. The number of carbonyl (C=O) groups is 3. The van der Waals surface area contributed by atoms with Crippen LogP contribution in [0, 0.1) is 24.0 Å². The van der Waals surface area contributed by atoms with Crippen molar-refractivity contribution in [1.82, 2.24) is 4.98 Å². The molecule has 0 bridgehead atoms. The number of hydrogen-bond donors (Lipinski definition) is 1. The number of aryl methyl sites for hydroxylation is 2. The number of aliphatic hydroxyl groups excluding tert-OH is 1. The lowest BCUT2D eigenvalue weighted by molar-refractivity contribution is -0.384. The smallest absolute Gasteiger partial charge is 0.350 e. The monoisotopic (exact) mass is 507 g/mol. The Hall–Kier alpha value is -4.38. The number of benzene rings is 2. The second kappa shape index (κ2) is 9.70. The molecule has 1 aliphatic heterocycles. The first kappa shape index (κ1) is 24.7. The molecule has 1 amide bonds. The molecule has 1 atom stereocenters. The highest BCUT2D eigenvalue weighted by Crippen LogP contribution is 2.44. The summed E-state index contributed by atoms with van der Waals surface area (Å²) in [6.07, 6.45) is 0. The number of carbonyl (C=O) groups excluding carboxylic acids is 3. The molecular weight excluding hydrogens is 486 g/mol. The fourth-order valence-corrected chi connectivity index (χ4v) is 4.88. The third-order valence-electron chi connectivity index (χ3n) is 5.62. The van der Waals surface area contributed by atoms with E-state index in [0.29, 0.717) is 11.3 Å². The summed E-state index contributed by atoms with van der Waals surface area (Å²) in [4.78, 5) is 55.2. The fourth-order valence-electron chi connectivity index (χ4n) is 3.89. The highest BCUT2D eigenvalue weighted by Gasteiger charge is 2.48. The third-order valence-corrected chi connectivity index (χ3v) is 6.76. The number of ether oxygens (including phenoxy) is 1. The molecule has 10 nitrogen and oxygen atoms in total. The van der Waals surface area contributed by atoms with Crippen molar-refractivity contribution >= 4 is 45.6 Å². The fraction of sp³-hybridized carbons (Fsp3) is 0.200. The topological polar surface area (TPSA) is 140 Å². The van der Waals surface area contributed by atoms with Crippen LogP contribution in [0.15, 0.2) is 54.1 Å². The van der Waals surface area contributed by atoms with Gasteiger partial charge in [-0.1, -0.05) is 53.3 Å². The summed E-state index contributed by atoms with van der Waals surface area (Å²) in [6, 6.07) is 10.9. The molecule has 3 aromatic rings. The number of nitro benzene ring substituents is 1. The molecule has 2 heterocycles. The van der Waals surface area contributed by atoms with Crippen molar-refractivity contribution in [3.05, 3.63) is 91.5 Å². The van der Waals surface area contributed by atoms with Crippen LogP contribution in [0.4, 0.5) is 10.8 Å². The lowest BCUT2D eigenvalue weighted by Gasteiger charge is -2.22. The molecule has 11 heteroatoms. The Kier molecular flexibility index (Phi) is 6.67. The van der Waals surface area contributed by atoms with Gasteiger partial charge in [0.1, 0.15) is 10.6 Å². The van der Waals surface area contributed by atoms with E-state index >= 15 is 0 Å². The maximum absolute atomic E-state index is 13.3. The number of esters is 1. The van der Waals surface area contributed by atoms with Crippen LogP contribution >= 0.6 is 11.3 Å². The van der Waals surface area contributed by atoms with Crippen molar-refractivity contribution in [1.29, 1.82) is 0 Å². The second-order valence-electron chi connectivity index (χ2n) is 8.02. The number of aliphatic hydroxyl groups is 1. The van der Waals surface area contributed by atoms with Crippen molar-refractivity contribution in [3.8, 4) is 0 Å². The summed E-state index contributed by atoms with van der Waals surface area (Å²) in [5.74, 6) is -3.01. The van der Waals surface area contributed by atoms with Gasteiger partial charge in [0.15, 0.2) is 5.13 Å². The number of hydrogen-bond acceptors (Lipinski definition) is 9. The van der Waals surface area contributed by atoms with E-state index in [2.05, 4.69) is 4.98 Å². The molecule has 1 aliphatic rings. The Balaban J connectivity index is 1.94. The molecule has 1 fully saturated rings. The number of amides is 1. The van der Waals surface area contributed by atoms with Crippen LogP contribution in [0.5, 0.6) is 0 Å². The number of Topliss-reactive ketones (excluding diaryl/α,β-unsaturated/α-hetero) is 1. The Morgan fingerprint density at radius 3 is 2.53 bits per heavy atom. The molecule has 1 saturated heterocycles. The molecule has 1 aromatic heterocycles. The van der Waals surface area contributed by atoms with Gasteiger partial charge in [-0.25, -0.2) is 9.78 Å². The Labute approximate surface area is 209 Å². The average molecular weight is 508 g/mol. The molecule has 2 aromatic carbocycles. The molecule has 0 aliphatic carbocycles.